The van der Waals surface area contributed by atoms with Gasteiger partial charge in [0, 0.05) is 31.8 Å². The fraction of sp³-hybridized carbons (Fsp3) is 0.389. The van der Waals surface area contributed by atoms with Crippen LogP contribution in [-0.2, 0) is 6.42 Å². The van der Waals surface area contributed by atoms with Gasteiger partial charge in [0.1, 0.15) is 11.6 Å². The zero-order valence-corrected chi connectivity index (χ0v) is 14.8. The molecule has 8 nitrogen and oxygen atoms in total. The Morgan fingerprint density at radius 3 is 2.96 bits per heavy atom. The maximum atomic E-state index is 13.6. The van der Waals surface area contributed by atoms with Crippen molar-refractivity contribution in [3.8, 4) is 0 Å². The Balaban J connectivity index is 1.60. The Kier molecular flexibility index (Phi) is 4.43. The predicted molar refractivity (Wildman–Crippen MR) is 96.0 cm³/mol. The lowest BCUT2D eigenvalue weighted by Gasteiger charge is -2.33. The van der Waals surface area contributed by atoms with E-state index in [4.69, 9.17) is 4.52 Å². The molecule has 140 valence electrons. The molecule has 0 saturated carbocycles. The molecule has 1 aromatic carbocycles. The zero-order chi connectivity index (χ0) is 19.0. The van der Waals surface area contributed by atoms with Crippen LogP contribution in [0.4, 0.5) is 15.9 Å². The Labute approximate surface area is 154 Å². The number of fused-ring (bicyclic) bond motifs is 1. The Hall–Kier alpha value is -3.10. The molecular weight excluding hydrogens is 353 g/mol. The van der Waals surface area contributed by atoms with Gasteiger partial charge in [-0.3, -0.25) is 10.1 Å². The Morgan fingerprint density at radius 2 is 2.22 bits per heavy atom. The molecule has 9 heteroatoms. The lowest BCUT2D eigenvalue weighted by molar-refractivity contribution is -0.383. The van der Waals surface area contributed by atoms with Gasteiger partial charge in [-0.25, -0.2) is 9.37 Å². The van der Waals surface area contributed by atoms with Crippen molar-refractivity contribution in [1.82, 2.24) is 15.1 Å². The molecule has 0 bridgehead atoms. The number of nitro benzene ring substituents is 1. The topological polar surface area (TPSA) is 98.2 Å². The highest BCUT2D eigenvalue weighted by Gasteiger charge is 2.24. The van der Waals surface area contributed by atoms with Crippen LogP contribution in [-0.4, -0.2) is 33.1 Å². The standard InChI is InChI=1S/C18H18FN5O3/c1-11-20-16(22-27-11)7-12-3-2-6-23(10-12)17-5-4-13-8-14(19)9-15(24(25)26)18(13)21-17/h4-5,8-9,12H,2-3,6-7,10H2,1H3/t12-/m0/s1. The van der Waals surface area contributed by atoms with E-state index in [-0.39, 0.29) is 11.2 Å². The van der Waals surface area contributed by atoms with E-state index in [9.17, 15) is 14.5 Å². The smallest absolute Gasteiger partial charge is 0.298 e. The minimum Gasteiger partial charge on any atom is -0.356 e. The van der Waals surface area contributed by atoms with Crippen LogP contribution < -0.4 is 4.90 Å². The van der Waals surface area contributed by atoms with E-state index < -0.39 is 10.7 Å². The summed E-state index contributed by atoms with van der Waals surface area (Å²) in [6, 6.07) is 5.64. The van der Waals surface area contributed by atoms with Crippen LogP contribution in [0, 0.1) is 28.8 Å². The van der Waals surface area contributed by atoms with Crippen LogP contribution in [0.1, 0.15) is 24.6 Å². The number of aryl methyl sites for hydroxylation is 1. The minimum atomic E-state index is -0.641. The first-order chi connectivity index (χ1) is 13.0. The van der Waals surface area contributed by atoms with Crippen molar-refractivity contribution in [3.05, 3.63) is 51.9 Å². The maximum absolute atomic E-state index is 13.6. The van der Waals surface area contributed by atoms with E-state index in [1.165, 1.54) is 6.07 Å². The van der Waals surface area contributed by atoms with Gasteiger partial charge >= 0.3 is 0 Å². The highest BCUT2D eigenvalue weighted by Crippen LogP contribution is 2.30. The van der Waals surface area contributed by atoms with Crippen molar-refractivity contribution in [3.63, 3.8) is 0 Å². The van der Waals surface area contributed by atoms with Gasteiger partial charge in [-0.1, -0.05) is 5.16 Å². The molecular formula is C18H18FN5O3. The SMILES string of the molecule is Cc1nc(C[C@@H]2CCCN(c3ccc4cc(F)cc([N+](=O)[O-])c4n3)C2)no1. The molecule has 1 aliphatic rings. The van der Waals surface area contributed by atoms with E-state index in [0.717, 1.165) is 32.0 Å². The number of hydrogen-bond acceptors (Lipinski definition) is 7. The molecule has 2 aromatic heterocycles. The molecule has 0 radical (unpaired) electrons. The van der Waals surface area contributed by atoms with Crippen molar-refractivity contribution < 1.29 is 13.8 Å². The molecule has 0 spiro atoms. The molecule has 27 heavy (non-hydrogen) atoms. The molecule has 0 amide bonds. The molecule has 0 unspecified atom stereocenters. The highest BCUT2D eigenvalue weighted by molar-refractivity contribution is 5.88. The van der Waals surface area contributed by atoms with Crippen molar-refractivity contribution in [2.24, 2.45) is 5.92 Å². The first-order valence-corrected chi connectivity index (χ1v) is 8.78. The third kappa shape index (κ3) is 3.57. The van der Waals surface area contributed by atoms with Crippen molar-refractivity contribution in [2.45, 2.75) is 26.2 Å². The first-order valence-electron chi connectivity index (χ1n) is 8.78. The summed E-state index contributed by atoms with van der Waals surface area (Å²) >= 11 is 0. The van der Waals surface area contributed by atoms with Crippen molar-refractivity contribution in [1.29, 1.82) is 0 Å². The van der Waals surface area contributed by atoms with Gasteiger partial charge in [0.25, 0.3) is 5.69 Å². The predicted octanol–water partition coefficient (Wildman–Crippen LogP) is 3.43. The number of non-ortho nitro benzene ring substituents is 1. The minimum absolute atomic E-state index is 0.204. The number of nitro groups is 1. The van der Waals surface area contributed by atoms with E-state index in [0.29, 0.717) is 35.3 Å². The Morgan fingerprint density at radius 1 is 1.37 bits per heavy atom. The van der Waals surface area contributed by atoms with Crippen LogP contribution in [0.15, 0.2) is 28.8 Å². The average molecular weight is 371 g/mol. The van der Waals surface area contributed by atoms with Crippen LogP contribution in [0.2, 0.25) is 0 Å². The number of hydrogen-bond donors (Lipinski definition) is 0. The number of piperidine rings is 1. The molecule has 1 atom stereocenters. The number of aromatic nitrogens is 3. The summed E-state index contributed by atoms with van der Waals surface area (Å²) in [6.45, 7) is 3.33. The third-order valence-electron chi connectivity index (χ3n) is 4.80. The van der Waals surface area contributed by atoms with Gasteiger partial charge in [0.15, 0.2) is 11.3 Å². The van der Waals surface area contributed by atoms with Crippen LogP contribution >= 0.6 is 0 Å². The molecule has 3 aromatic rings. The summed E-state index contributed by atoms with van der Waals surface area (Å²) in [5.41, 5.74) is -0.113. The van der Waals surface area contributed by atoms with E-state index in [1.807, 2.05) is 0 Å². The zero-order valence-electron chi connectivity index (χ0n) is 14.8. The molecule has 1 fully saturated rings. The fourth-order valence-corrected chi connectivity index (χ4v) is 3.61. The molecule has 0 aliphatic carbocycles. The second-order valence-corrected chi connectivity index (χ2v) is 6.81. The molecule has 0 N–H and O–H groups in total. The van der Waals surface area contributed by atoms with E-state index in [1.54, 1.807) is 19.1 Å². The summed E-state index contributed by atoms with van der Waals surface area (Å²) in [5, 5.41) is 15.6. The van der Waals surface area contributed by atoms with Gasteiger partial charge in [0.05, 0.1) is 11.0 Å². The first kappa shape index (κ1) is 17.3. The average Bonchev–Trinajstić information content (AvgIpc) is 3.05. The van der Waals surface area contributed by atoms with Gasteiger partial charge in [-0.15, -0.1) is 0 Å². The largest absolute Gasteiger partial charge is 0.356 e. The van der Waals surface area contributed by atoms with Gasteiger partial charge in [-0.05, 0) is 37.0 Å². The lowest BCUT2D eigenvalue weighted by Crippen LogP contribution is -2.36. The third-order valence-corrected chi connectivity index (χ3v) is 4.80. The summed E-state index contributed by atoms with van der Waals surface area (Å²) in [4.78, 5) is 21.5. The fourth-order valence-electron chi connectivity index (χ4n) is 3.61. The number of rotatable bonds is 4. The lowest BCUT2D eigenvalue weighted by atomic mass is 9.94. The van der Waals surface area contributed by atoms with Gasteiger partial charge in [-0.2, -0.15) is 4.98 Å². The van der Waals surface area contributed by atoms with E-state index in [2.05, 4.69) is 20.0 Å². The summed E-state index contributed by atoms with van der Waals surface area (Å²) in [5.74, 6) is 1.60. The Bertz CT molecular complexity index is 1010. The summed E-state index contributed by atoms with van der Waals surface area (Å²) < 4.78 is 18.6. The number of anilines is 1. The van der Waals surface area contributed by atoms with Crippen molar-refractivity contribution in [2.75, 3.05) is 18.0 Å². The van der Waals surface area contributed by atoms with Gasteiger partial charge < -0.3 is 9.42 Å². The monoisotopic (exact) mass is 371 g/mol. The number of benzene rings is 1. The molecule has 1 saturated heterocycles. The normalized spacial score (nSPS) is 17.4. The second kappa shape index (κ2) is 6.90. The molecule has 3 heterocycles. The second-order valence-electron chi connectivity index (χ2n) is 6.81. The molecule has 4 rings (SSSR count). The van der Waals surface area contributed by atoms with Crippen molar-refractivity contribution >= 4 is 22.4 Å². The van der Waals surface area contributed by atoms with Crippen LogP contribution in [0.5, 0.6) is 0 Å². The van der Waals surface area contributed by atoms with E-state index >= 15 is 0 Å². The number of pyridine rings is 1. The summed E-state index contributed by atoms with van der Waals surface area (Å²) in [7, 11) is 0. The quantitative estimate of drug-likeness (QED) is 0.512. The molecule has 1 aliphatic heterocycles. The number of nitrogens with zero attached hydrogens (tertiary/aromatic N) is 5. The summed E-state index contributed by atoms with van der Waals surface area (Å²) in [6.07, 6.45) is 2.74. The maximum Gasteiger partial charge on any atom is 0.298 e. The van der Waals surface area contributed by atoms with Crippen LogP contribution in [0.3, 0.4) is 0 Å². The van der Waals surface area contributed by atoms with Crippen LogP contribution in [0.25, 0.3) is 10.9 Å². The number of halogens is 1. The highest BCUT2D eigenvalue weighted by atomic mass is 19.1. The van der Waals surface area contributed by atoms with Gasteiger partial charge in [0.2, 0.25) is 5.89 Å².